The molecule has 23 heavy (non-hydrogen) atoms. The van der Waals surface area contributed by atoms with Crippen molar-refractivity contribution in [3.63, 3.8) is 0 Å². The minimum Gasteiger partial charge on any atom is -0.462 e. The van der Waals surface area contributed by atoms with Crippen LogP contribution in [0.25, 0.3) is 0 Å². The third-order valence-corrected chi connectivity index (χ3v) is 5.30. The standard InChI is InChI=1S/C17H22N2O4/c1-11(12-3-5-13(6-4-12)19(21)22)17(20)23-16-9-14-7-8-15(10-16)18(14)2/h3-6,11,14-16H,7-10H2,1-2H3. The Hall–Kier alpha value is -1.95. The zero-order chi connectivity index (χ0) is 16.6. The lowest BCUT2D eigenvalue weighted by Crippen LogP contribution is -2.43. The first-order chi connectivity index (χ1) is 11.0. The van der Waals surface area contributed by atoms with Crippen LogP contribution in [0.15, 0.2) is 24.3 Å². The molecule has 0 radical (unpaired) electrons. The van der Waals surface area contributed by atoms with E-state index in [4.69, 9.17) is 4.74 Å². The van der Waals surface area contributed by atoms with Gasteiger partial charge in [-0.05, 0) is 45.2 Å². The van der Waals surface area contributed by atoms with E-state index >= 15 is 0 Å². The second kappa shape index (κ2) is 6.28. The van der Waals surface area contributed by atoms with Gasteiger partial charge >= 0.3 is 5.97 Å². The second-order valence-corrected chi connectivity index (χ2v) is 6.65. The summed E-state index contributed by atoms with van der Waals surface area (Å²) in [5.41, 5.74) is 0.776. The maximum atomic E-state index is 12.4. The zero-order valence-electron chi connectivity index (χ0n) is 13.5. The van der Waals surface area contributed by atoms with Gasteiger partial charge in [0, 0.05) is 24.2 Å². The van der Waals surface area contributed by atoms with Crippen LogP contribution < -0.4 is 0 Å². The highest BCUT2D eigenvalue weighted by molar-refractivity contribution is 5.78. The summed E-state index contributed by atoms with van der Waals surface area (Å²) in [6.07, 6.45) is 4.19. The van der Waals surface area contributed by atoms with Gasteiger partial charge in [-0.25, -0.2) is 0 Å². The van der Waals surface area contributed by atoms with Crippen LogP contribution in [0.3, 0.4) is 0 Å². The Bertz CT molecular complexity index is 587. The van der Waals surface area contributed by atoms with Crippen molar-refractivity contribution in [3.8, 4) is 0 Å². The highest BCUT2D eigenvalue weighted by atomic mass is 16.6. The van der Waals surface area contributed by atoms with Gasteiger partial charge in [-0.2, -0.15) is 0 Å². The number of carbonyl (C=O) groups excluding carboxylic acids is 1. The molecular formula is C17H22N2O4. The number of nitro groups is 1. The molecule has 3 unspecified atom stereocenters. The molecule has 0 aliphatic carbocycles. The number of hydrogen-bond acceptors (Lipinski definition) is 5. The number of hydrogen-bond donors (Lipinski definition) is 0. The molecule has 0 spiro atoms. The SMILES string of the molecule is CC(C(=O)OC1CC2CCC(C1)N2C)c1ccc([N+](=O)[O-])cc1. The number of nitro benzene ring substituents is 1. The van der Waals surface area contributed by atoms with Crippen molar-refractivity contribution < 1.29 is 14.5 Å². The van der Waals surface area contributed by atoms with Crippen molar-refractivity contribution >= 4 is 11.7 Å². The molecule has 6 heteroatoms. The van der Waals surface area contributed by atoms with E-state index in [2.05, 4.69) is 11.9 Å². The van der Waals surface area contributed by atoms with Crippen molar-refractivity contribution in [1.29, 1.82) is 0 Å². The Morgan fingerprint density at radius 2 is 1.83 bits per heavy atom. The van der Waals surface area contributed by atoms with Crippen molar-refractivity contribution in [2.75, 3.05) is 7.05 Å². The predicted molar refractivity (Wildman–Crippen MR) is 85.2 cm³/mol. The summed E-state index contributed by atoms with van der Waals surface area (Å²) in [6.45, 7) is 1.78. The number of carbonyl (C=O) groups is 1. The Balaban J connectivity index is 1.60. The van der Waals surface area contributed by atoms with Crippen LogP contribution in [0.5, 0.6) is 0 Å². The smallest absolute Gasteiger partial charge is 0.313 e. The minimum absolute atomic E-state index is 0.00306. The van der Waals surface area contributed by atoms with Crippen molar-refractivity contribution in [1.82, 2.24) is 4.90 Å². The number of non-ortho nitro benzene ring substituents is 1. The molecule has 2 heterocycles. The average molecular weight is 318 g/mol. The first kappa shape index (κ1) is 15.9. The van der Waals surface area contributed by atoms with Crippen molar-refractivity contribution in [2.24, 2.45) is 0 Å². The van der Waals surface area contributed by atoms with E-state index in [9.17, 15) is 14.9 Å². The monoisotopic (exact) mass is 318 g/mol. The molecule has 6 nitrogen and oxygen atoms in total. The minimum atomic E-state index is -0.443. The molecule has 0 N–H and O–H groups in total. The summed E-state index contributed by atoms with van der Waals surface area (Å²) in [6, 6.07) is 7.16. The molecule has 2 fully saturated rings. The fraction of sp³-hybridized carbons (Fsp3) is 0.588. The number of ether oxygens (including phenoxy) is 1. The van der Waals surface area contributed by atoms with E-state index in [1.54, 1.807) is 19.1 Å². The van der Waals surface area contributed by atoms with Crippen molar-refractivity contribution in [3.05, 3.63) is 39.9 Å². The molecular weight excluding hydrogens is 296 g/mol. The number of piperidine rings is 1. The van der Waals surface area contributed by atoms with Crippen LogP contribution in [-0.2, 0) is 9.53 Å². The molecule has 2 bridgehead atoms. The molecule has 0 amide bonds. The molecule has 3 atom stereocenters. The normalized spacial score (nSPS) is 28.3. The molecule has 2 aliphatic heterocycles. The number of rotatable bonds is 4. The highest BCUT2D eigenvalue weighted by Gasteiger charge is 2.40. The van der Waals surface area contributed by atoms with Gasteiger partial charge in [0.2, 0.25) is 0 Å². The Morgan fingerprint density at radius 3 is 2.35 bits per heavy atom. The lowest BCUT2D eigenvalue weighted by Gasteiger charge is -2.36. The topological polar surface area (TPSA) is 72.7 Å². The van der Waals surface area contributed by atoms with E-state index in [1.165, 1.54) is 25.0 Å². The van der Waals surface area contributed by atoms with Gasteiger partial charge in [0.1, 0.15) is 6.10 Å². The summed E-state index contributed by atoms with van der Waals surface area (Å²) >= 11 is 0. The predicted octanol–water partition coefficient (Wildman–Crippen LogP) is 2.87. The lowest BCUT2D eigenvalue weighted by atomic mass is 9.99. The van der Waals surface area contributed by atoms with Crippen LogP contribution in [0.1, 0.15) is 44.1 Å². The van der Waals surface area contributed by atoms with E-state index in [1.807, 2.05) is 0 Å². The molecule has 0 saturated carbocycles. The fourth-order valence-electron chi connectivity index (χ4n) is 3.74. The maximum absolute atomic E-state index is 12.4. The third-order valence-electron chi connectivity index (χ3n) is 5.30. The van der Waals surface area contributed by atoms with Gasteiger partial charge in [0.25, 0.3) is 5.69 Å². The van der Waals surface area contributed by atoms with Crippen LogP contribution >= 0.6 is 0 Å². The van der Waals surface area contributed by atoms with Crippen molar-refractivity contribution in [2.45, 2.75) is 56.7 Å². The van der Waals surface area contributed by atoms with Crippen LogP contribution in [0.2, 0.25) is 0 Å². The first-order valence-electron chi connectivity index (χ1n) is 8.12. The first-order valence-corrected chi connectivity index (χ1v) is 8.12. The molecule has 1 aromatic carbocycles. The van der Waals surface area contributed by atoms with E-state index in [0.29, 0.717) is 12.1 Å². The summed E-state index contributed by atoms with van der Waals surface area (Å²) < 4.78 is 5.71. The van der Waals surface area contributed by atoms with Crippen LogP contribution in [-0.4, -0.2) is 41.0 Å². The summed E-state index contributed by atoms with van der Waals surface area (Å²) in [5.74, 6) is -0.652. The lowest BCUT2D eigenvalue weighted by molar-refractivity contribution is -0.384. The summed E-state index contributed by atoms with van der Waals surface area (Å²) in [5, 5.41) is 10.7. The number of benzene rings is 1. The molecule has 124 valence electrons. The Labute approximate surface area is 135 Å². The summed E-state index contributed by atoms with van der Waals surface area (Å²) in [4.78, 5) is 25.0. The molecule has 1 aromatic rings. The van der Waals surface area contributed by atoms with Crippen LogP contribution in [0, 0.1) is 10.1 Å². The Morgan fingerprint density at radius 1 is 1.26 bits per heavy atom. The molecule has 2 aliphatic rings. The van der Waals surface area contributed by atoms with E-state index in [-0.39, 0.29) is 17.8 Å². The number of nitrogens with zero attached hydrogens (tertiary/aromatic N) is 2. The zero-order valence-corrected chi connectivity index (χ0v) is 13.5. The van der Waals surface area contributed by atoms with Gasteiger partial charge < -0.3 is 9.64 Å². The number of fused-ring (bicyclic) bond motifs is 2. The molecule has 0 aromatic heterocycles. The second-order valence-electron chi connectivity index (χ2n) is 6.65. The quantitative estimate of drug-likeness (QED) is 0.485. The third kappa shape index (κ3) is 3.22. The Kier molecular flexibility index (Phi) is 4.35. The van der Waals surface area contributed by atoms with Gasteiger partial charge in [-0.3, -0.25) is 14.9 Å². The van der Waals surface area contributed by atoms with Gasteiger partial charge in [-0.15, -0.1) is 0 Å². The molecule has 3 rings (SSSR count). The van der Waals surface area contributed by atoms with Crippen LogP contribution in [0.4, 0.5) is 5.69 Å². The fourth-order valence-corrected chi connectivity index (χ4v) is 3.74. The highest BCUT2D eigenvalue weighted by Crippen LogP contribution is 2.36. The largest absolute Gasteiger partial charge is 0.462 e. The van der Waals surface area contributed by atoms with Gasteiger partial charge in [0.05, 0.1) is 10.8 Å². The summed E-state index contributed by atoms with van der Waals surface area (Å²) in [7, 11) is 2.15. The van der Waals surface area contributed by atoms with E-state index < -0.39 is 10.8 Å². The average Bonchev–Trinajstić information content (AvgIpc) is 2.75. The number of esters is 1. The maximum Gasteiger partial charge on any atom is 0.313 e. The van der Waals surface area contributed by atoms with Gasteiger partial charge in [-0.1, -0.05) is 12.1 Å². The molecule has 2 saturated heterocycles. The van der Waals surface area contributed by atoms with E-state index in [0.717, 1.165) is 18.4 Å². The van der Waals surface area contributed by atoms with Gasteiger partial charge in [0.15, 0.2) is 0 Å².